The monoisotopic (exact) mass is 432 g/mol. The second-order valence-corrected chi connectivity index (χ2v) is 6.74. The van der Waals surface area contributed by atoms with Crippen molar-refractivity contribution >= 4 is 28.9 Å². The van der Waals surface area contributed by atoms with Gasteiger partial charge in [-0.3, -0.25) is 10.00 Å². The molecule has 0 aliphatic rings. The van der Waals surface area contributed by atoms with E-state index in [0.29, 0.717) is 29.2 Å². The molecule has 31 heavy (non-hydrogen) atoms. The number of benzene rings is 1. The Kier molecular flexibility index (Phi) is 7.19. The van der Waals surface area contributed by atoms with Crippen LogP contribution in [0.3, 0.4) is 0 Å². The third-order valence-electron chi connectivity index (χ3n) is 4.62. The molecule has 0 aliphatic heterocycles. The minimum atomic E-state index is -0.796. The summed E-state index contributed by atoms with van der Waals surface area (Å²) in [5.74, 6) is -0.00956. The molecule has 0 bridgehead atoms. The third kappa shape index (κ3) is 5.00. The molecule has 166 valence electrons. The molecule has 0 spiro atoms. The average molecular weight is 432 g/mol. The molecule has 2 aromatic heterocycles. The first-order valence-corrected chi connectivity index (χ1v) is 9.80. The lowest BCUT2D eigenvalue weighted by Crippen LogP contribution is -2.15. The molecule has 0 aliphatic carbocycles. The lowest BCUT2D eigenvalue weighted by molar-refractivity contribution is 0.186. The van der Waals surface area contributed by atoms with Crippen molar-refractivity contribution in [1.82, 2.24) is 19.7 Å². The highest BCUT2D eigenvalue weighted by atomic mass is 19.1. The highest BCUT2D eigenvalue weighted by molar-refractivity contribution is 5.90. The van der Waals surface area contributed by atoms with Crippen molar-refractivity contribution in [3.63, 3.8) is 0 Å². The molecule has 0 fully saturated rings. The first-order chi connectivity index (χ1) is 15.0. The molecule has 10 nitrogen and oxygen atoms in total. The van der Waals surface area contributed by atoms with Crippen LogP contribution in [0.2, 0.25) is 0 Å². The van der Waals surface area contributed by atoms with E-state index < -0.39 is 12.0 Å². The van der Waals surface area contributed by atoms with Crippen molar-refractivity contribution < 1.29 is 23.8 Å². The smallest absolute Gasteiger partial charge is 0.413 e. The fourth-order valence-electron chi connectivity index (χ4n) is 3.05. The number of carbonyl (C=O) groups is 1. The van der Waals surface area contributed by atoms with Crippen LogP contribution in [0.15, 0.2) is 18.2 Å². The van der Waals surface area contributed by atoms with Gasteiger partial charge in [-0.2, -0.15) is 9.37 Å². The number of fused-ring (bicyclic) bond motifs is 1. The number of anilines is 2. The number of methoxy groups -OCH3 is 2. The Balaban J connectivity index is 2.06. The molecule has 3 N–H and O–H groups in total. The van der Waals surface area contributed by atoms with Gasteiger partial charge in [0.2, 0.25) is 5.95 Å². The number of nitrogens with zero attached hydrogens (tertiary/aromatic N) is 4. The topological polar surface area (TPSA) is 123 Å². The number of unbranched alkanes of at least 4 members (excludes halogenated alkanes) is 1. The van der Waals surface area contributed by atoms with Gasteiger partial charge in [-0.05, 0) is 18.1 Å². The van der Waals surface area contributed by atoms with Crippen molar-refractivity contribution in [2.24, 2.45) is 0 Å². The van der Waals surface area contributed by atoms with Crippen LogP contribution < -0.4 is 15.4 Å². The van der Waals surface area contributed by atoms with E-state index in [9.17, 15) is 14.3 Å². The quantitative estimate of drug-likeness (QED) is 0.441. The normalized spacial score (nSPS) is 10.9. The molecule has 1 amide bonds. The summed E-state index contributed by atoms with van der Waals surface area (Å²) in [6.07, 6.45) is 1.06. The molecule has 0 atom stereocenters. The summed E-state index contributed by atoms with van der Waals surface area (Å²) in [7, 11) is 2.73. The van der Waals surface area contributed by atoms with Gasteiger partial charge < -0.3 is 19.9 Å². The van der Waals surface area contributed by atoms with Crippen LogP contribution in [-0.4, -0.2) is 51.7 Å². The number of hydrogen-bond acceptors (Lipinski definition) is 8. The minimum absolute atomic E-state index is 0.0358. The number of aliphatic hydroxyl groups is 1. The predicted octanol–water partition coefficient (Wildman–Crippen LogP) is 2.90. The van der Waals surface area contributed by atoms with E-state index >= 15 is 0 Å². The van der Waals surface area contributed by atoms with Gasteiger partial charge in [0.1, 0.15) is 11.3 Å². The van der Waals surface area contributed by atoms with Crippen molar-refractivity contribution in [3.05, 3.63) is 35.3 Å². The lowest BCUT2D eigenvalue weighted by Gasteiger charge is -2.13. The van der Waals surface area contributed by atoms with E-state index in [0.717, 1.165) is 18.4 Å². The van der Waals surface area contributed by atoms with E-state index in [4.69, 9.17) is 4.74 Å². The standard InChI is InChI=1S/C20H25FN6O4/c1-4-5-8-22-18-16-15(23-19(24-18)25-20(29)31-3)17(21)26-27(16)10-13-7-6-12(11-28)9-14(13)30-2/h6-7,9,28H,4-5,8,10-11H2,1-3H3,(H2,22,23,24,25,29). The van der Waals surface area contributed by atoms with Gasteiger partial charge in [-0.1, -0.05) is 25.5 Å². The van der Waals surface area contributed by atoms with E-state index in [1.807, 2.05) is 6.92 Å². The summed E-state index contributed by atoms with van der Waals surface area (Å²) in [6.45, 7) is 2.71. The van der Waals surface area contributed by atoms with Crippen molar-refractivity contribution in [1.29, 1.82) is 0 Å². The van der Waals surface area contributed by atoms with Gasteiger partial charge in [-0.15, -0.1) is 5.10 Å². The summed E-state index contributed by atoms with van der Waals surface area (Å²) in [6, 6.07) is 5.26. The summed E-state index contributed by atoms with van der Waals surface area (Å²) in [5.41, 5.74) is 1.75. The molecule has 0 unspecified atom stereocenters. The Morgan fingerprint density at radius 1 is 1.29 bits per heavy atom. The zero-order chi connectivity index (χ0) is 22.4. The van der Waals surface area contributed by atoms with Gasteiger partial charge in [0.05, 0.1) is 27.4 Å². The maximum absolute atomic E-state index is 14.7. The number of hydrogen-bond donors (Lipinski definition) is 3. The molecule has 2 heterocycles. The summed E-state index contributed by atoms with van der Waals surface area (Å²) in [4.78, 5) is 20.0. The Bertz CT molecular complexity index is 1070. The molecule has 0 saturated heterocycles. The summed E-state index contributed by atoms with van der Waals surface area (Å²) in [5, 5.41) is 18.9. The summed E-state index contributed by atoms with van der Waals surface area (Å²) < 4.78 is 26.1. The van der Waals surface area contributed by atoms with E-state index in [2.05, 4.69) is 30.4 Å². The van der Waals surface area contributed by atoms with Crippen LogP contribution in [0.25, 0.3) is 11.0 Å². The number of rotatable bonds is 9. The van der Waals surface area contributed by atoms with Gasteiger partial charge in [0.15, 0.2) is 11.3 Å². The van der Waals surface area contributed by atoms with Crippen molar-refractivity contribution in [3.8, 4) is 5.75 Å². The highest BCUT2D eigenvalue weighted by Gasteiger charge is 2.21. The maximum atomic E-state index is 14.7. The maximum Gasteiger partial charge on any atom is 0.413 e. The molecule has 3 rings (SSSR count). The molecular weight excluding hydrogens is 407 g/mol. The first kappa shape index (κ1) is 22.2. The Morgan fingerprint density at radius 2 is 2.10 bits per heavy atom. The molecular formula is C20H25FN6O4. The Labute approximate surface area is 178 Å². The van der Waals surface area contributed by atoms with Crippen LogP contribution in [-0.2, 0) is 17.9 Å². The zero-order valence-electron chi connectivity index (χ0n) is 17.6. The molecule has 0 radical (unpaired) electrons. The molecule has 1 aromatic carbocycles. The molecule has 11 heteroatoms. The zero-order valence-corrected chi connectivity index (χ0v) is 17.6. The van der Waals surface area contributed by atoms with E-state index in [1.165, 1.54) is 18.9 Å². The lowest BCUT2D eigenvalue weighted by atomic mass is 10.1. The first-order valence-electron chi connectivity index (χ1n) is 9.80. The SMILES string of the molecule is CCCCNc1nc(NC(=O)OC)nc2c(F)nn(Cc3ccc(CO)cc3OC)c12. The summed E-state index contributed by atoms with van der Waals surface area (Å²) >= 11 is 0. The van der Waals surface area contributed by atoms with E-state index in [-0.39, 0.29) is 24.6 Å². The van der Waals surface area contributed by atoms with Crippen LogP contribution in [0.5, 0.6) is 5.75 Å². The fourth-order valence-corrected chi connectivity index (χ4v) is 3.05. The average Bonchev–Trinajstić information content (AvgIpc) is 3.09. The van der Waals surface area contributed by atoms with Crippen molar-refractivity contribution in [2.45, 2.75) is 32.9 Å². The Morgan fingerprint density at radius 3 is 2.77 bits per heavy atom. The van der Waals surface area contributed by atoms with Gasteiger partial charge in [0.25, 0.3) is 5.95 Å². The van der Waals surface area contributed by atoms with Gasteiger partial charge in [-0.25, -0.2) is 9.78 Å². The van der Waals surface area contributed by atoms with Crippen molar-refractivity contribution in [2.75, 3.05) is 31.4 Å². The second-order valence-electron chi connectivity index (χ2n) is 6.74. The third-order valence-corrected chi connectivity index (χ3v) is 4.62. The number of halogens is 1. The molecule has 0 saturated carbocycles. The van der Waals surface area contributed by atoms with E-state index in [1.54, 1.807) is 18.2 Å². The van der Waals surface area contributed by atoms with Gasteiger partial charge >= 0.3 is 6.09 Å². The number of aliphatic hydroxyl groups excluding tert-OH is 1. The molecule has 3 aromatic rings. The van der Waals surface area contributed by atoms with Crippen LogP contribution >= 0.6 is 0 Å². The van der Waals surface area contributed by atoms with Gasteiger partial charge in [0, 0.05) is 12.1 Å². The number of nitrogens with one attached hydrogen (secondary N) is 2. The number of carbonyl (C=O) groups excluding carboxylic acids is 1. The van der Waals surface area contributed by atoms with Crippen LogP contribution in [0.1, 0.15) is 30.9 Å². The fraction of sp³-hybridized carbons (Fsp3) is 0.400. The second kappa shape index (κ2) is 10.0. The highest BCUT2D eigenvalue weighted by Crippen LogP contribution is 2.28. The van der Waals surface area contributed by atoms with Crippen LogP contribution in [0.4, 0.5) is 21.0 Å². The predicted molar refractivity (Wildman–Crippen MR) is 113 cm³/mol. The minimum Gasteiger partial charge on any atom is -0.496 e. The number of amides is 1. The largest absolute Gasteiger partial charge is 0.496 e. The number of aromatic nitrogens is 4. The number of ether oxygens (including phenoxy) is 2. The Hall–Kier alpha value is -3.47. The van der Waals surface area contributed by atoms with Crippen LogP contribution in [0, 0.1) is 5.95 Å².